The van der Waals surface area contributed by atoms with Crippen LogP contribution in [0.3, 0.4) is 0 Å². The summed E-state index contributed by atoms with van der Waals surface area (Å²) in [4.78, 5) is 4.41. The number of halogens is 2. The Labute approximate surface area is 154 Å². The van der Waals surface area contributed by atoms with Crippen molar-refractivity contribution in [2.24, 2.45) is 5.73 Å². The number of fused-ring (bicyclic) bond motifs is 3. The zero-order chi connectivity index (χ0) is 17.6. The molecule has 0 aliphatic carbocycles. The van der Waals surface area contributed by atoms with Crippen LogP contribution in [-0.2, 0) is 0 Å². The topological polar surface area (TPSA) is 71.9 Å². The van der Waals surface area contributed by atoms with E-state index in [0.29, 0.717) is 26.9 Å². The lowest BCUT2D eigenvalue weighted by atomic mass is 9.83. The average Bonchev–Trinajstić information content (AvgIpc) is 2.63. The summed E-state index contributed by atoms with van der Waals surface area (Å²) in [5.41, 5.74) is 8.70. The summed E-state index contributed by atoms with van der Waals surface area (Å²) in [6, 6.07) is 15.1. The zero-order valence-electron chi connectivity index (χ0n) is 12.8. The van der Waals surface area contributed by atoms with Crippen molar-refractivity contribution in [3.8, 4) is 11.8 Å². The highest BCUT2D eigenvalue weighted by atomic mass is 35.5. The number of hydrogen-bond donors (Lipinski definition) is 1. The van der Waals surface area contributed by atoms with E-state index < -0.39 is 5.92 Å². The SMILES string of the molecule is N#CC1=C(N)Oc2c(ccc3cccnc23)[C@@H]1c1ccc(Cl)c(Cl)c1. The molecular formula is C19H11Cl2N3O. The first kappa shape index (κ1) is 15.8. The zero-order valence-corrected chi connectivity index (χ0v) is 14.3. The molecule has 0 amide bonds. The van der Waals surface area contributed by atoms with Gasteiger partial charge in [0.05, 0.1) is 16.0 Å². The first-order chi connectivity index (χ1) is 12.1. The number of aromatic nitrogens is 1. The summed E-state index contributed by atoms with van der Waals surface area (Å²) in [7, 11) is 0. The summed E-state index contributed by atoms with van der Waals surface area (Å²) in [5, 5.41) is 11.4. The number of nitrogens with zero attached hydrogens (tertiary/aromatic N) is 2. The van der Waals surface area contributed by atoms with E-state index in [0.717, 1.165) is 16.5 Å². The van der Waals surface area contributed by atoms with Crippen molar-refractivity contribution in [2.45, 2.75) is 5.92 Å². The van der Waals surface area contributed by atoms with E-state index in [1.807, 2.05) is 30.3 Å². The van der Waals surface area contributed by atoms with Crippen molar-refractivity contribution in [3.05, 3.63) is 81.3 Å². The summed E-state index contributed by atoms with van der Waals surface area (Å²) in [6.07, 6.45) is 1.69. The van der Waals surface area contributed by atoms with Gasteiger partial charge in [0, 0.05) is 17.1 Å². The number of benzene rings is 2. The van der Waals surface area contributed by atoms with Crippen LogP contribution >= 0.6 is 23.2 Å². The molecule has 0 bridgehead atoms. The number of nitriles is 1. The molecular weight excluding hydrogens is 357 g/mol. The van der Waals surface area contributed by atoms with Crippen molar-refractivity contribution in [3.63, 3.8) is 0 Å². The van der Waals surface area contributed by atoms with Gasteiger partial charge in [-0.3, -0.25) is 4.98 Å². The lowest BCUT2D eigenvalue weighted by Gasteiger charge is -2.27. The second-order valence-corrected chi connectivity index (χ2v) is 6.47. The van der Waals surface area contributed by atoms with Gasteiger partial charge < -0.3 is 10.5 Å². The highest BCUT2D eigenvalue weighted by molar-refractivity contribution is 6.42. The lowest BCUT2D eigenvalue weighted by Crippen LogP contribution is -2.21. The van der Waals surface area contributed by atoms with Crippen LogP contribution in [0.15, 0.2) is 60.1 Å². The Balaban J connectivity index is 2.01. The fourth-order valence-corrected chi connectivity index (χ4v) is 3.40. The lowest BCUT2D eigenvalue weighted by molar-refractivity contribution is 0.397. The molecule has 25 heavy (non-hydrogen) atoms. The first-order valence-corrected chi connectivity index (χ1v) is 8.26. The maximum Gasteiger partial charge on any atom is 0.205 e. The highest BCUT2D eigenvalue weighted by Gasteiger charge is 2.32. The monoisotopic (exact) mass is 367 g/mol. The fraction of sp³-hybridized carbons (Fsp3) is 0.0526. The van der Waals surface area contributed by atoms with Gasteiger partial charge >= 0.3 is 0 Å². The number of pyridine rings is 1. The Hall–Kier alpha value is -2.74. The molecule has 0 saturated heterocycles. The number of ether oxygens (including phenoxy) is 1. The second kappa shape index (κ2) is 5.96. The molecule has 1 aliphatic heterocycles. The molecule has 1 aliphatic rings. The van der Waals surface area contributed by atoms with E-state index in [4.69, 9.17) is 33.7 Å². The molecule has 2 aromatic carbocycles. The van der Waals surface area contributed by atoms with Gasteiger partial charge in [-0.25, -0.2) is 0 Å². The Morgan fingerprint density at radius 2 is 1.96 bits per heavy atom. The third-order valence-corrected chi connectivity index (χ3v) is 4.97. The molecule has 0 spiro atoms. The third kappa shape index (κ3) is 2.49. The van der Waals surface area contributed by atoms with Crippen LogP contribution in [0.5, 0.6) is 5.75 Å². The molecule has 0 saturated carbocycles. The minimum Gasteiger partial charge on any atom is -0.438 e. The van der Waals surface area contributed by atoms with Gasteiger partial charge in [-0.1, -0.05) is 47.5 Å². The van der Waals surface area contributed by atoms with Crippen LogP contribution in [0.1, 0.15) is 17.0 Å². The van der Waals surface area contributed by atoms with E-state index in [1.54, 1.807) is 18.3 Å². The van der Waals surface area contributed by atoms with Gasteiger partial charge in [0.1, 0.15) is 17.2 Å². The van der Waals surface area contributed by atoms with Crippen LogP contribution in [0.2, 0.25) is 10.0 Å². The number of rotatable bonds is 1. The molecule has 6 heteroatoms. The number of nitrogens with two attached hydrogens (primary N) is 1. The maximum absolute atomic E-state index is 9.61. The summed E-state index contributed by atoms with van der Waals surface area (Å²) in [6.45, 7) is 0. The quantitative estimate of drug-likeness (QED) is 0.672. The molecule has 2 heterocycles. The van der Waals surface area contributed by atoms with Crippen molar-refractivity contribution >= 4 is 34.1 Å². The molecule has 122 valence electrons. The van der Waals surface area contributed by atoms with Crippen molar-refractivity contribution in [1.82, 2.24) is 4.98 Å². The molecule has 4 nitrogen and oxygen atoms in total. The van der Waals surface area contributed by atoms with Crippen LogP contribution in [0.25, 0.3) is 10.9 Å². The normalized spacial score (nSPS) is 16.3. The second-order valence-electron chi connectivity index (χ2n) is 5.66. The van der Waals surface area contributed by atoms with Gasteiger partial charge in [0.2, 0.25) is 5.88 Å². The Morgan fingerprint density at radius 1 is 1.12 bits per heavy atom. The van der Waals surface area contributed by atoms with Crippen molar-refractivity contribution in [1.29, 1.82) is 5.26 Å². The van der Waals surface area contributed by atoms with Gasteiger partial charge in [-0.15, -0.1) is 0 Å². The minimum absolute atomic E-state index is 0.0734. The number of allylic oxidation sites excluding steroid dienone is 1. The predicted octanol–water partition coefficient (Wildman–Crippen LogP) is 4.76. The molecule has 1 atom stereocenters. The van der Waals surface area contributed by atoms with Gasteiger partial charge in [0.15, 0.2) is 5.75 Å². The molecule has 0 unspecified atom stereocenters. The first-order valence-electron chi connectivity index (χ1n) is 7.50. The Bertz CT molecular complexity index is 1090. The highest BCUT2D eigenvalue weighted by Crippen LogP contribution is 2.45. The molecule has 2 N–H and O–H groups in total. The van der Waals surface area contributed by atoms with E-state index in [2.05, 4.69) is 11.1 Å². The average molecular weight is 368 g/mol. The summed E-state index contributed by atoms with van der Waals surface area (Å²) >= 11 is 12.2. The predicted molar refractivity (Wildman–Crippen MR) is 97.5 cm³/mol. The standard InChI is InChI=1S/C19H11Cl2N3O/c20-14-6-4-11(8-15(14)21)16-12-5-3-10-2-1-7-24-17(10)18(12)25-19(23)13(16)9-22/h1-8,16H,23H2/t16-/m0/s1. The van der Waals surface area contributed by atoms with E-state index >= 15 is 0 Å². The Kier molecular flexibility index (Phi) is 3.76. The summed E-state index contributed by atoms with van der Waals surface area (Å²) in [5.74, 6) is 0.241. The van der Waals surface area contributed by atoms with Crippen LogP contribution in [0.4, 0.5) is 0 Å². The molecule has 0 radical (unpaired) electrons. The third-order valence-electron chi connectivity index (χ3n) is 4.23. The van der Waals surface area contributed by atoms with Crippen molar-refractivity contribution in [2.75, 3.05) is 0 Å². The molecule has 0 fully saturated rings. The molecule has 3 aromatic rings. The van der Waals surface area contributed by atoms with E-state index in [1.165, 1.54) is 0 Å². The Morgan fingerprint density at radius 3 is 2.72 bits per heavy atom. The molecule has 1 aromatic heterocycles. The van der Waals surface area contributed by atoms with Crippen LogP contribution in [0, 0.1) is 11.3 Å². The van der Waals surface area contributed by atoms with Crippen molar-refractivity contribution < 1.29 is 4.74 Å². The van der Waals surface area contributed by atoms with Crippen LogP contribution < -0.4 is 10.5 Å². The van der Waals surface area contributed by atoms with Gasteiger partial charge in [-0.05, 0) is 23.8 Å². The fourth-order valence-electron chi connectivity index (χ4n) is 3.09. The largest absolute Gasteiger partial charge is 0.438 e. The van der Waals surface area contributed by atoms with E-state index in [-0.39, 0.29) is 5.88 Å². The summed E-state index contributed by atoms with van der Waals surface area (Å²) < 4.78 is 5.77. The molecule has 4 rings (SSSR count). The van der Waals surface area contributed by atoms with Gasteiger partial charge in [0.25, 0.3) is 0 Å². The number of hydrogen-bond acceptors (Lipinski definition) is 4. The van der Waals surface area contributed by atoms with E-state index in [9.17, 15) is 5.26 Å². The minimum atomic E-state index is -0.394. The smallest absolute Gasteiger partial charge is 0.205 e. The van der Waals surface area contributed by atoms with Gasteiger partial charge in [-0.2, -0.15) is 5.26 Å². The maximum atomic E-state index is 9.61. The van der Waals surface area contributed by atoms with Crippen LogP contribution in [-0.4, -0.2) is 4.98 Å².